The van der Waals surface area contributed by atoms with Gasteiger partial charge in [0, 0.05) is 17.8 Å². The quantitative estimate of drug-likeness (QED) is 0.894. The van der Waals surface area contributed by atoms with Gasteiger partial charge in [-0.05, 0) is 45.7 Å². The maximum Gasteiger partial charge on any atom is 0.236 e. The van der Waals surface area contributed by atoms with Crippen LogP contribution in [0, 0.1) is 0 Å². The minimum absolute atomic E-state index is 0.319. The van der Waals surface area contributed by atoms with E-state index < -0.39 is 0 Å². The molecule has 1 saturated heterocycles. The fourth-order valence-corrected chi connectivity index (χ4v) is 2.21. The molecule has 0 aromatic carbocycles. The fraction of sp³-hybridized carbons (Fsp3) is 0.786. The van der Waals surface area contributed by atoms with Gasteiger partial charge in [0.1, 0.15) is 6.10 Å². The van der Waals surface area contributed by atoms with Crippen LogP contribution in [-0.4, -0.2) is 29.0 Å². The van der Waals surface area contributed by atoms with Gasteiger partial charge in [-0.2, -0.15) is 0 Å². The molecule has 0 saturated carbocycles. The van der Waals surface area contributed by atoms with Crippen molar-refractivity contribution >= 4 is 0 Å². The molecule has 1 aliphatic heterocycles. The molecule has 2 heterocycles. The summed E-state index contributed by atoms with van der Waals surface area (Å²) in [5, 5.41) is 7.95. The second kappa shape index (κ2) is 5.74. The summed E-state index contributed by atoms with van der Waals surface area (Å²) in [6, 6.07) is 0.382. The minimum atomic E-state index is 0.319. The van der Waals surface area contributed by atoms with E-state index in [1.165, 1.54) is 5.56 Å². The zero-order valence-corrected chi connectivity index (χ0v) is 11.9. The van der Waals surface area contributed by atoms with Crippen molar-refractivity contribution in [3.05, 3.63) is 11.8 Å². The van der Waals surface area contributed by atoms with Gasteiger partial charge in [-0.3, -0.25) is 4.68 Å². The molecule has 1 N–H and O–H groups in total. The third-order valence-corrected chi connectivity index (χ3v) is 3.44. The van der Waals surface area contributed by atoms with E-state index >= 15 is 0 Å². The normalized spacial score (nSPS) is 17.7. The lowest BCUT2D eigenvalue weighted by Crippen LogP contribution is -2.34. The van der Waals surface area contributed by atoms with Crippen LogP contribution in [-0.2, 0) is 0 Å². The molecule has 2 rings (SSSR count). The zero-order chi connectivity index (χ0) is 13.1. The maximum absolute atomic E-state index is 6.11. The Labute approximate surface area is 110 Å². The smallest absolute Gasteiger partial charge is 0.236 e. The monoisotopic (exact) mass is 251 g/mol. The topological polar surface area (TPSA) is 39.1 Å². The molecule has 1 fully saturated rings. The zero-order valence-electron chi connectivity index (χ0n) is 11.9. The molecular formula is C14H25N3O. The van der Waals surface area contributed by atoms with E-state index in [1.807, 2.05) is 4.68 Å². The Morgan fingerprint density at radius 2 is 1.94 bits per heavy atom. The predicted molar refractivity (Wildman–Crippen MR) is 73.2 cm³/mol. The Balaban J connectivity index is 2.14. The largest absolute Gasteiger partial charge is 0.473 e. The number of ether oxygens (including phenoxy) is 1. The molecule has 4 nitrogen and oxygen atoms in total. The van der Waals surface area contributed by atoms with E-state index in [2.05, 4.69) is 44.3 Å². The molecule has 102 valence electrons. The summed E-state index contributed by atoms with van der Waals surface area (Å²) in [6.07, 6.45) is 4.60. The molecule has 0 spiro atoms. The molecule has 0 aliphatic carbocycles. The standard InChI is InChI=1S/C14H25N3O/c1-10(2)13-9-17(11(3)4)16-14(13)18-12-5-7-15-8-6-12/h9-12,15H,5-8H2,1-4H3. The number of aromatic nitrogens is 2. The van der Waals surface area contributed by atoms with Crippen LogP contribution in [0.3, 0.4) is 0 Å². The average molecular weight is 251 g/mol. The summed E-state index contributed by atoms with van der Waals surface area (Å²) >= 11 is 0. The van der Waals surface area contributed by atoms with E-state index in [1.54, 1.807) is 0 Å². The lowest BCUT2D eigenvalue weighted by molar-refractivity contribution is 0.152. The Bertz CT molecular complexity index is 378. The van der Waals surface area contributed by atoms with Crippen molar-refractivity contribution in [2.75, 3.05) is 13.1 Å². The Morgan fingerprint density at radius 1 is 1.28 bits per heavy atom. The second-order valence-corrected chi connectivity index (χ2v) is 5.69. The van der Waals surface area contributed by atoms with Gasteiger partial charge in [0.2, 0.25) is 5.88 Å². The molecular weight excluding hydrogens is 226 g/mol. The Morgan fingerprint density at radius 3 is 2.50 bits per heavy atom. The molecule has 1 aromatic heterocycles. The Kier molecular flexibility index (Phi) is 4.27. The van der Waals surface area contributed by atoms with Crippen molar-refractivity contribution in [2.24, 2.45) is 0 Å². The summed E-state index contributed by atoms with van der Waals surface area (Å²) in [6.45, 7) is 10.8. The van der Waals surface area contributed by atoms with Gasteiger partial charge in [-0.25, -0.2) is 0 Å². The van der Waals surface area contributed by atoms with E-state index in [9.17, 15) is 0 Å². The molecule has 4 heteroatoms. The third kappa shape index (κ3) is 3.05. The summed E-state index contributed by atoms with van der Waals surface area (Å²) in [5.74, 6) is 1.29. The number of nitrogens with zero attached hydrogens (tertiary/aromatic N) is 2. The molecule has 18 heavy (non-hydrogen) atoms. The van der Waals surface area contributed by atoms with Crippen molar-refractivity contribution < 1.29 is 4.74 Å². The first-order chi connectivity index (χ1) is 8.58. The number of hydrogen-bond donors (Lipinski definition) is 1. The van der Waals surface area contributed by atoms with E-state index in [0.29, 0.717) is 18.1 Å². The summed E-state index contributed by atoms with van der Waals surface area (Å²) in [4.78, 5) is 0. The molecule has 0 unspecified atom stereocenters. The molecule has 1 aliphatic rings. The van der Waals surface area contributed by atoms with Crippen LogP contribution in [0.1, 0.15) is 58.1 Å². The number of piperidine rings is 1. The first kappa shape index (κ1) is 13.4. The van der Waals surface area contributed by atoms with E-state index in [0.717, 1.165) is 31.8 Å². The SMILES string of the molecule is CC(C)c1cn(C(C)C)nc1OC1CCNCC1. The molecule has 0 atom stereocenters. The van der Waals surface area contributed by atoms with Gasteiger partial charge in [0.15, 0.2) is 0 Å². The van der Waals surface area contributed by atoms with Crippen molar-refractivity contribution in [2.45, 2.75) is 58.6 Å². The number of hydrogen-bond acceptors (Lipinski definition) is 3. The van der Waals surface area contributed by atoms with Crippen molar-refractivity contribution in [3.8, 4) is 5.88 Å². The van der Waals surface area contributed by atoms with Gasteiger partial charge in [-0.1, -0.05) is 13.8 Å². The van der Waals surface area contributed by atoms with Crippen LogP contribution in [0.25, 0.3) is 0 Å². The summed E-state index contributed by atoms with van der Waals surface area (Å²) < 4.78 is 8.11. The molecule has 0 bridgehead atoms. The lowest BCUT2D eigenvalue weighted by Gasteiger charge is -2.23. The second-order valence-electron chi connectivity index (χ2n) is 5.69. The van der Waals surface area contributed by atoms with Crippen molar-refractivity contribution in [3.63, 3.8) is 0 Å². The van der Waals surface area contributed by atoms with Crippen molar-refractivity contribution in [1.82, 2.24) is 15.1 Å². The van der Waals surface area contributed by atoms with Crippen LogP contribution in [0.4, 0.5) is 0 Å². The molecule has 0 amide bonds. The average Bonchev–Trinajstić information content (AvgIpc) is 2.74. The highest BCUT2D eigenvalue weighted by Crippen LogP contribution is 2.28. The van der Waals surface area contributed by atoms with Crippen LogP contribution < -0.4 is 10.1 Å². The van der Waals surface area contributed by atoms with Gasteiger partial charge in [-0.15, -0.1) is 5.10 Å². The van der Waals surface area contributed by atoms with Crippen LogP contribution in [0.15, 0.2) is 6.20 Å². The van der Waals surface area contributed by atoms with Crippen LogP contribution in [0.5, 0.6) is 5.88 Å². The lowest BCUT2D eigenvalue weighted by atomic mass is 10.1. The fourth-order valence-electron chi connectivity index (χ4n) is 2.21. The first-order valence-electron chi connectivity index (χ1n) is 7.04. The van der Waals surface area contributed by atoms with Gasteiger partial charge >= 0.3 is 0 Å². The predicted octanol–water partition coefficient (Wildman–Crippen LogP) is 2.72. The summed E-state index contributed by atoms with van der Waals surface area (Å²) in [7, 11) is 0. The first-order valence-corrected chi connectivity index (χ1v) is 7.04. The highest BCUT2D eigenvalue weighted by molar-refractivity contribution is 5.27. The number of nitrogens with one attached hydrogen (secondary N) is 1. The Hall–Kier alpha value is -1.03. The van der Waals surface area contributed by atoms with Gasteiger partial charge < -0.3 is 10.1 Å². The molecule has 0 radical (unpaired) electrons. The van der Waals surface area contributed by atoms with Crippen LogP contribution in [0.2, 0.25) is 0 Å². The summed E-state index contributed by atoms with van der Waals surface area (Å²) in [5.41, 5.74) is 1.22. The number of rotatable bonds is 4. The van der Waals surface area contributed by atoms with Crippen LogP contribution >= 0.6 is 0 Å². The highest BCUT2D eigenvalue weighted by Gasteiger charge is 2.20. The van der Waals surface area contributed by atoms with Gasteiger partial charge in [0.25, 0.3) is 0 Å². The third-order valence-electron chi connectivity index (χ3n) is 3.44. The maximum atomic E-state index is 6.11. The highest BCUT2D eigenvalue weighted by atomic mass is 16.5. The van der Waals surface area contributed by atoms with Crippen molar-refractivity contribution in [1.29, 1.82) is 0 Å². The van der Waals surface area contributed by atoms with E-state index in [-0.39, 0.29) is 0 Å². The van der Waals surface area contributed by atoms with Gasteiger partial charge in [0.05, 0.1) is 0 Å². The molecule has 1 aromatic rings. The minimum Gasteiger partial charge on any atom is -0.473 e. The van der Waals surface area contributed by atoms with E-state index in [4.69, 9.17) is 4.74 Å².